The van der Waals surface area contributed by atoms with Crippen LogP contribution in [0.4, 0.5) is 4.39 Å². The van der Waals surface area contributed by atoms with Gasteiger partial charge in [-0.2, -0.15) is 0 Å². The van der Waals surface area contributed by atoms with E-state index in [4.69, 9.17) is 5.84 Å². The molecule has 0 bridgehead atoms. The Kier molecular flexibility index (Phi) is 2.66. The molecule has 2 atom stereocenters. The average Bonchev–Trinajstić information content (AvgIpc) is 1.59. The lowest BCUT2D eigenvalue weighted by Gasteiger charge is -2.27. The zero-order chi connectivity index (χ0) is 6.85. The third kappa shape index (κ3) is 2.35. The van der Waals surface area contributed by atoms with Crippen molar-refractivity contribution in [1.82, 2.24) is 5.01 Å². The first-order valence-electron chi connectivity index (χ1n) is 2.96. The van der Waals surface area contributed by atoms with Crippen molar-refractivity contribution in [2.24, 2.45) is 5.84 Å². The van der Waals surface area contributed by atoms with E-state index in [2.05, 4.69) is 22.6 Å². The Morgan fingerprint density at radius 1 is 1.56 bits per heavy atom. The number of nitrogens with two attached hydrogens (primary N) is 1. The van der Waals surface area contributed by atoms with Crippen LogP contribution < -0.4 is 5.84 Å². The van der Waals surface area contributed by atoms with E-state index in [-0.39, 0.29) is 0 Å². The maximum absolute atomic E-state index is 12.6. The molecule has 0 spiro atoms. The number of nitrogens with zero attached hydrogens (tertiary/aromatic N) is 1. The first-order chi connectivity index (χ1) is 4.18. The minimum atomic E-state index is -0.717. The lowest BCUT2D eigenvalue weighted by Crippen LogP contribution is -2.45. The summed E-state index contributed by atoms with van der Waals surface area (Å²) in [5, 5.41) is 1.55. The molecule has 0 amide bonds. The molecular formula is C5H10FIN2. The number of hydrogen-bond acceptors (Lipinski definition) is 2. The summed E-state index contributed by atoms with van der Waals surface area (Å²) in [5.74, 6) is 5.40. The van der Waals surface area contributed by atoms with Crippen LogP contribution in [-0.4, -0.2) is 28.2 Å². The molecular weight excluding hydrogens is 234 g/mol. The fourth-order valence-electron chi connectivity index (χ4n) is 1.01. The minimum absolute atomic E-state index is 0.386. The van der Waals surface area contributed by atoms with E-state index in [1.54, 1.807) is 5.01 Å². The molecule has 0 aliphatic carbocycles. The maximum Gasteiger partial charge on any atom is 0.115 e. The summed E-state index contributed by atoms with van der Waals surface area (Å²) < 4.78 is 12.9. The van der Waals surface area contributed by atoms with Gasteiger partial charge in [0.15, 0.2) is 0 Å². The summed E-state index contributed by atoms with van der Waals surface area (Å²) in [5.41, 5.74) is 0. The zero-order valence-electron chi connectivity index (χ0n) is 5.06. The second kappa shape index (κ2) is 3.12. The normalized spacial score (nSPS) is 39.0. The lowest BCUT2D eigenvalue weighted by molar-refractivity contribution is 0.148. The quantitative estimate of drug-likeness (QED) is 0.386. The van der Waals surface area contributed by atoms with Crippen molar-refractivity contribution in [3.8, 4) is 0 Å². The van der Waals surface area contributed by atoms with Crippen LogP contribution >= 0.6 is 22.6 Å². The van der Waals surface area contributed by atoms with E-state index in [1.165, 1.54) is 0 Å². The molecule has 0 aromatic carbocycles. The Morgan fingerprint density at radius 2 is 2.22 bits per heavy atom. The topological polar surface area (TPSA) is 29.3 Å². The third-order valence-corrected chi connectivity index (χ3v) is 2.28. The van der Waals surface area contributed by atoms with E-state index < -0.39 is 6.17 Å². The van der Waals surface area contributed by atoms with Gasteiger partial charge in [0.25, 0.3) is 0 Å². The second-order valence-electron chi connectivity index (χ2n) is 2.38. The molecule has 4 heteroatoms. The molecule has 9 heavy (non-hydrogen) atoms. The lowest BCUT2D eigenvalue weighted by atomic mass is 10.1. The van der Waals surface area contributed by atoms with Gasteiger partial charge >= 0.3 is 0 Å². The summed E-state index contributed by atoms with van der Waals surface area (Å²) in [4.78, 5) is 0. The van der Waals surface area contributed by atoms with Crippen LogP contribution in [0, 0.1) is 0 Å². The highest BCUT2D eigenvalue weighted by Crippen LogP contribution is 2.17. The third-order valence-electron chi connectivity index (χ3n) is 1.38. The van der Waals surface area contributed by atoms with Gasteiger partial charge in [0.1, 0.15) is 6.17 Å². The van der Waals surface area contributed by atoms with Crippen molar-refractivity contribution >= 4 is 22.6 Å². The molecule has 1 rings (SSSR count). The van der Waals surface area contributed by atoms with Gasteiger partial charge in [0, 0.05) is 17.0 Å². The average molecular weight is 244 g/mol. The van der Waals surface area contributed by atoms with Crippen LogP contribution in [0.25, 0.3) is 0 Å². The first-order valence-corrected chi connectivity index (χ1v) is 4.21. The van der Waals surface area contributed by atoms with Crippen molar-refractivity contribution in [1.29, 1.82) is 0 Å². The van der Waals surface area contributed by atoms with Gasteiger partial charge in [-0.15, -0.1) is 0 Å². The molecule has 1 fully saturated rings. The number of alkyl halides is 2. The summed E-state index contributed by atoms with van der Waals surface area (Å²) in [6.45, 7) is 1.22. The molecule has 0 aromatic heterocycles. The number of rotatable bonds is 0. The Balaban J connectivity index is 2.34. The molecule has 2 nitrogen and oxygen atoms in total. The highest BCUT2D eigenvalue weighted by molar-refractivity contribution is 14.1. The van der Waals surface area contributed by atoms with Crippen LogP contribution in [0.15, 0.2) is 0 Å². The van der Waals surface area contributed by atoms with E-state index in [9.17, 15) is 4.39 Å². The van der Waals surface area contributed by atoms with Crippen LogP contribution in [0.2, 0.25) is 0 Å². The van der Waals surface area contributed by atoms with Crippen molar-refractivity contribution in [3.05, 3.63) is 0 Å². The second-order valence-corrected chi connectivity index (χ2v) is 4.15. The molecule has 54 valence electrons. The highest BCUT2D eigenvalue weighted by Gasteiger charge is 2.22. The van der Waals surface area contributed by atoms with Crippen molar-refractivity contribution in [2.45, 2.75) is 16.5 Å². The van der Waals surface area contributed by atoms with Gasteiger partial charge in [-0.1, -0.05) is 22.6 Å². The Morgan fingerprint density at radius 3 is 2.67 bits per heavy atom. The van der Waals surface area contributed by atoms with Gasteiger partial charge in [0.2, 0.25) is 0 Å². The molecule has 2 N–H and O–H groups in total. The molecule has 0 unspecified atom stereocenters. The van der Waals surface area contributed by atoms with E-state index >= 15 is 0 Å². The summed E-state index contributed by atoms with van der Waals surface area (Å²) >= 11 is 2.23. The predicted octanol–water partition coefficient (Wildman–Crippen LogP) is 0.708. The van der Waals surface area contributed by atoms with Crippen molar-refractivity contribution < 1.29 is 4.39 Å². The van der Waals surface area contributed by atoms with Crippen LogP contribution in [0.1, 0.15) is 6.42 Å². The maximum atomic E-state index is 12.6. The monoisotopic (exact) mass is 244 g/mol. The standard InChI is InChI=1S/C5H10FIN2/c6-4-1-5(7)3-9(8)2-4/h4-5H,1-3,8H2/t4-,5-/m0/s1. The highest BCUT2D eigenvalue weighted by atomic mass is 127. The predicted molar refractivity (Wildman–Crippen MR) is 43.1 cm³/mol. The fourth-order valence-corrected chi connectivity index (χ4v) is 2.07. The molecule has 1 aliphatic rings. The number of hydrazine groups is 1. The van der Waals surface area contributed by atoms with Gasteiger partial charge < -0.3 is 0 Å². The molecule has 0 aromatic rings. The largest absolute Gasteiger partial charge is 0.269 e. The van der Waals surface area contributed by atoms with Gasteiger partial charge in [-0.05, 0) is 6.42 Å². The van der Waals surface area contributed by atoms with Crippen LogP contribution in [0.5, 0.6) is 0 Å². The van der Waals surface area contributed by atoms with E-state index in [0.29, 0.717) is 16.9 Å². The van der Waals surface area contributed by atoms with E-state index in [1.807, 2.05) is 0 Å². The smallest absolute Gasteiger partial charge is 0.115 e. The van der Waals surface area contributed by atoms with Gasteiger partial charge in [-0.25, -0.2) is 9.40 Å². The molecule has 1 aliphatic heterocycles. The Hall–Kier alpha value is 0.580. The summed E-state index contributed by atoms with van der Waals surface area (Å²) in [6, 6.07) is 0. The first kappa shape index (κ1) is 7.68. The SMILES string of the molecule is NN1C[C@@H](F)C[C@H](I)C1. The van der Waals surface area contributed by atoms with E-state index in [0.717, 1.165) is 6.54 Å². The molecule has 1 heterocycles. The number of halogens is 2. The van der Waals surface area contributed by atoms with Gasteiger partial charge in [0.05, 0.1) is 0 Å². The molecule has 0 saturated carbocycles. The van der Waals surface area contributed by atoms with Crippen molar-refractivity contribution in [2.75, 3.05) is 13.1 Å². The van der Waals surface area contributed by atoms with Gasteiger partial charge in [-0.3, -0.25) is 5.84 Å². The molecule has 1 saturated heterocycles. The minimum Gasteiger partial charge on any atom is -0.269 e. The van der Waals surface area contributed by atoms with Crippen LogP contribution in [0.3, 0.4) is 0 Å². The Labute approximate surface area is 67.7 Å². The Bertz CT molecular complexity index is 75.9. The molecule has 0 radical (unpaired) electrons. The fraction of sp³-hybridized carbons (Fsp3) is 1.00. The number of hydrogen-bond donors (Lipinski definition) is 1. The summed E-state index contributed by atoms with van der Waals surface area (Å²) in [6.07, 6.45) is -0.0560. The number of piperidine rings is 1. The summed E-state index contributed by atoms with van der Waals surface area (Å²) in [7, 11) is 0. The van der Waals surface area contributed by atoms with Crippen molar-refractivity contribution in [3.63, 3.8) is 0 Å². The van der Waals surface area contributed by atoms with Crippen LogP contribution in [-0.2, 0) is 0 Å². The zero-order valence-corrected chi connectivity index (χ0v) is 7.21.